The van der Waals surface area contributed by atoms with Crippen LogP contribution in [0.2, 0.25) is 0 Å². The molecule has 0 radical (unpaired) electrons. The maximum atomic E-state index is 9.11. The third-order valence-electron chi connectivity index (χ3n) is 1.41. The maximum Gasteiger partial charge on any atom is 0.0823 e. The van der Waals surface area contributed by atoms with Gasteiger partial charge in [-0.3, -0.25) is 0 Å². The first-order chi connectivity index (χ1) is 4.24. The number of aliphatic hydroxyl groups is 1. The second-order valence-corrected chi connectivity index (χ2v) is 2.29. The SMILES string of the molecule is [2H]C[C@H]1O[C@@H](C)C[C@H]1O. The van der Waals surface area contributed by atoms with Gasteiger partial charge in [-0.25, -0.2) is 0 Å². The van der Waals surface area contributed by atoms with Crippen molar-refractivity contribution in [1.29, 1.82) is 0 Å². The molecule has 2 nitrogen and oxygen atoms in total. The van der Waals surface area contributed by atoms with Gasteiger partial charge in [-0.1, -0.05) is 0 Å². The van der Waals surface area contributed by atoms with Crippen LogP contribution in [-0.4, -0.2) is 23.4 Å². The highest BCUT2D eigenvalue weighted by atomic mass is 16.5. The highest BCUT2D eigenvalue weighted by molar-refractivity contribution is 4.75. The summed E-state index contributed by atoms with van der Waals surface area (Å²) in [6, 6.07) is 0. The van der Waals surface area contributed by atoms with Crippen LogP contribution in [0.15, 0.2) is 0 Å². The number of hydrogen-bond donors (Lipinski definition) is 1. The largest absolute Gasteiger partial charge is 0.390 e. The van der Waals surface area contributed by atoms with E-state index in [1.807, 2.05) is 6.92 Å². The molecule has 1 fully saturated rings. The fourth-order valence-electron chi connectivity index (χ4n) is 0.936. The number of rotatable bonds is 0. The Kier molecular flexibility index (Phi) is 1.21. The molecule has 0 aromatic rings. The van der Waals surface area contributed by atoms with E-state index in [1.54, 1.807) is 0 Å². The van der Waals surface area contributed by atoms with Crippen molar-refractivity contribution in [2.24, 2.45) is 0 Å². The predicted octanol–water partition coefficient (Wildman–Crippen LogP) is 0.545. The highest BCUT2D eigenvalue weighted by Crippen LogP contribution is 2.18. The van der Waals surface area contributed by atoms with E-state index < -0.39 is 6.10 Å². The molecule has 8 heavy (non-hydrogen) atoms. The zero-order chi connectivity index (χ0) is 6.85. The Labute approximate surface area is 50.9 Å². The summed E-state index contributed by atoms with van der Waals surface area (Å²) in [5.41, 5.74) is 0. The summed E-state index contributed by atoms with van der Waals surface area (Å²) < 4.78 is 12.1. The minimum Gasteiger partial charge on any atom is -0.390 e. The molecule has 0 spiro atoms. The van der Waals surface area contributed by atoms with Crippen molar-refractivity contribution in [2.75, 3.05) is 0 Å². The Hall–Kier alpha value is -0.0800. The van der Waals surface area contributed by atoms with Gasteiger partial charge in [0.05, 0.1) is 18.3 Å². The number of aliphatic hydroxyl groups excluding tert-OH is 1. The average molecular weight is 117 g/mol. The van der Waals surface area contributed by atoms with E-state index in [0.29, 0.717) is 6.42 Å². The van der Waals surface area contributed by atoms with Gasteiger partial charge in [0.25, 0.3) is 0 Å². The van der Waals surface area contributed by atoms with Crippen LogP contribution in [-0.2, 0) is 4.74 Å². The van der Waals surface area contributed by atoms with E-state index >= 15 is 0 Å². The van der Waals surface area contributed by atoms with Gasteiger partial charge in [0.15, 0.2) is 0 Å². The Balaban J connectivity index is 2.38. The summed E-state index contributed by atoms with van der Waals surface area (Å²) >= 11 is 0. The summed E-state index contributed by atoms with van der Waals surface area (Å²) in [7, 11) is 0. The smallest absolute Gasteiger partial charge is 0.0823 e. The Morgan fingerprint density at radius 1 is 1.88 bits per heavy atom. The molecule has 0 aromatic heterocycles. The van der Waals surface area contributed by atoms with Gasteiger partial charge in [0.2, 0.25) is 0 Å². The lowest BCUT2D eigenvalue weighted by atomic mass is 10.2. The Bertz CT molecular complexity index is 97.1. The van der Waals surface area contributed by atoms with Gasteiger partial charge in [0, 0.05) is 7.79 Å². The first-order valence-electron chi connectivity index (χ1n) is 3.57. The molecular formula is C6H12O2. The molecule has 2 heteroatoms. The van der Waals surface area contributed by atoms with Crippen LogP contribution in [0.25, 0.3) is 0 Å². The van der Waals surface area contributed by atoms with Crippen molar-refractivity contribution < 1.29 is 11.2 Å². The lowest BCUT2D eigenvalue weighted by Crippen LogP contribution is -2.15. The van der Waals surface area contributed by atoms with Crippen LogP contribution in [0.3, 0.4) is 0 Å². The summed E-state index contributed by atoms with van der Waals surface area (Å²) in [6.45, 7) is 2.09. The molecule has 0 aliphatic carbocycles. The van der Waals surface area contributed by atoms with Crippen LogP contribution in [0.5, 0.6) is 0 Å². The normalized spacial score (nSPS) is 49.2. The van der Waals surface area contributed by atoms with Gasteiger partial charge >= 0.3 is 0 Å². The Morgan fingerprint density at radius 3 is 2.88 bits per heavy atom. The molecular weight excluding hydrogens is 104 g/mol. The number of ether oxygens (including phenoxy) is 1. The van der Waals surface area contributed by atoms with E-state index in [9.17, 15) is 0 Å². The summed E-state index contributed by atoms with van der Waals surface area (Å²) in [4.78, 5) is 0. The van der Waals surface area contributed by atoms with Crippen LogP contribution in [0.4, 0.5) is 0 Å². The molecule has 1 aliphatic heterocycles. The molecule has 0 bridgehead atoms. The minimum absolute atomic E-state index is 0.135. The zero-order valence-corrected chi connectivity index (χ0v) is 5.00. The zero-order valence-electron chi connectivity index (χ0n) is 6.00. The number of hydrogen-bond acceptors (Lipinski definition) is 2. The monoisotopic (exact) mass is 117 g/mol. The molecule has 48 valence electrons. The van der Waals surface area contributed by atoms with Crippen molar-refractivity contribution in [2.45, 2.75) is 38.6 Å². The summed E-state index contributed by atoms with van der Waals surface area (Å²) in [5.74, 6) is 0. The summed E-state index contributed by atoms with van der Waals surface area (Å²) in [5, 5.41) is 9.11. The molecule has 1 aliphatic rings. The summed E-state index contributed by atoms with van der Waals surface area (Å²) in [6.07, 6.45) is 0.177. The lowest BCUT2D eigenvalue weighted by molar-refractivity contribution is 0.0287. The molecule has 0 amide bonds. The molecule has 1 saturated heterocycles. The van der Waals surface area contributed by atoms with E-state index in [1.165, 1.54) is 0 Å². The second-order valence-electron chi connectivity index (χ2n) is 2.29. The maximum absolute atomic E-state index is 9.11. The van der Waals surface area contributed by atoms with Gasteiger partial charge in [0.1, 0.15) is 0 Å². The predicted molar refractivity (Wildman–Crippen MR) is 30.6 cm³/mol. The molecule has 3 atom stereocenters. The van der Waals surface area contributed by atoms with Gasteiger partial charge < -0.3 is 9.84 Å². The van der Waals surface area contributed by atoms with Crippen molar-refractivity contribution in [3.05, 3.63) is 0 Å². The quantitative estimate of drug-likeness (QED) is 0.502. The van der Waals surface area contributed by atoms with E-state index in [0.717, 1.165) is 0 Å². The fourth-order valence-corrected chi connectivity index (χ4v) is 0.936. The first kappa shape index (κ1) is 4.77. The molecule has 0 unspecified atom stereocenters. The van der Waals surface area contributed by atoms with Crippen molar-refractivity contribution in [3.8, 4) is 0 Å². The van der Waals surface area contributed by atoms with Crippen LogP contribution < -0.4 is 0 Å². The van der Waals surface area contributed by atoms with Gasteiger partial charge in [-0.2, -0.15) is 0 Å². The molecule has 1 N–H and O–H groups in total. The molecule has 0 saturated carbocycles. The van der Waals surface area contributed by atoms with Crippen LogP contribution in [0.1, 0.15) is 21.6 Å². The third kappa shape index (κ3) is 1.01. The molecule has 1 heterocycles. The minimum atomic E-state index is -0.405. The van der Waals surface area contributed by atoms with E-state index in [2.05, 4.69) is 0 Å². The fraction of sp³-hybridized carbons (Fsp3) is 1.00. The third-order valence-corrected chi connectivity index (χ3v) is 1.41. The lowest BCUT2D eigenvalue weighted by Gasteiger charge is -2.04. The second kappa shape index (κ2) is 2.03. The van der Waals surface area contributed by atoms with E-state index in [-0.39, 0.29) is 19.1 Å². The van der Waals surface area contributed by atoms with Gasteiger partial charge in [-0.05, 0) is 13.8 Å². The standard InChI is InChI=1S/C6H12O2/c1-4-3-6(7)5(2)8-4/h4-7H,3H2,1-2H3/t4-,5+,6+/m0/s1/i2D. The highest BCUT2D eigenvalue weighted by Gasteiger charge is 2.26. The average Bonchev–Trinajstić information content (AvgIpc) is 2.10. The Morgan fingerprint density at radius 2 is 2.62 bits per heavy atom. The van der Waals surface area contributed by atoms with Gasteiger partial charge in [-0.15, -0.1) is 0 Å². The molecule has 1 rings (SSSR count). The first-order valence-corrected chi connectivity index (χ1v) is 2.87. The van der Waals surface area contributed by atoms with Crippen molar-refractivity contribution >= 4 is 0 Å². The van der Waals surface area contributed by atoms with Crippen LogP contribution >= 0.6 is 0 Å². The van der Waals surface area contributed by atoms with Crippen molar-refractivity contribution in [3.63, 3.8) is 0 Å². The van der Waals surface area contributed by atoms with Crippen LogP contribution in [0, 0.1) is 0 Å². The van der Waals surface area contributed by atoms with E-state index in [4.69, 9.17) is 11.2 Å². The molecule has 0 aromatic carbocycles. The van der Waals surface area contributed by atoms with Crippen molar-refractivity contribution in [1.82, 2.24) is 0 Å². The topological polar surface area (TPSA) is 29.5 Å².